The highest BCUT2D eigenvalue weighted by atomic mass is 16.5. The van der Waals surface area contributed by atoms with E-state index >= 15 is 0 Å². The van der Waals surface area contributed by atoms with Crippen molar-refractivity contribution in [3.05, 3.63) is 58.7 Å². The van der Waals surface area contributed by atoms with E-state index in [9.17, 15) is 14.7 Å². The number of benzene rings is 2. The molecular weight excluding hydrogens is 320 g/mol. The Bertz CT molecular complexity index is 802. The highest BCUT2D eigenvalue weighted by Crippen LogP contribution is 2.21. The lowest BCUT2D eigenvalue weighted by Gasteiger charge is -2.17. The zero-order valence-corrected chi connectivity index (χ0v) is 14.7. The Labute approximate surface area is 146 Å². The van der Waals surface area contributed by atoms with Crippen LogP contribution in [-0.2, 0) is 4.79 Å². The molecule has 0 saturated heterocycles. The lowest BCUT2D eigenvalue weighted by atomic mass is 10.1. The van der Waals surface area contributed by atoms with Crippen molar-refractivity contribution in [2.75, 3.05) is 0 Å². The smallest absolute Gasteiger partial charge is 0.279 e. The average Bonchev–Trinajstić information content (AvgIpc) is 2.56. The van der Waals surface area contributed by atoms with Crippen molar-refractivity contribution in [2.45, 2.75) is 33.8 Å². The van der Waals surface area contributed by atoms with Crippen LogP contribution in [0.25, 0.3) is 0 Å². The molecule has 2 aromatic carbocycles. The van der Waals surface area contributed by atoms with Crippen molar-refractivity contribution in [2.24, 2.45) is 0 Å². The van der Waals surface area contributed by atoms with E-state index in [-0.39, 0.29) is 11.3 Å². The van der Waals surface area contributed by atoms with Gasteiger partial charge in [0.15, 0.2) is 6.10 Å². The van der Waals surface area contributed by atoms with Gasteiger partial charge in [-0.2, -0.15) is 0 Å². The number of carbonyl (C=O) groups excluding carboxylic acids is 2. The third kappa shape index (κ3) is 4.50. The van der Waals surface area contributed by atoms with Gasteiger partial charge in [-0.1, -0.05) is 18.2 Å². The number of ether oxygens (including phenoxy) is 1. The van der Waals surface area contributed by atoms with Gasteiger partial charge in [-0.3, -0.25) is 20.4 Å². The molecule has 2 amide bonds. The first-order valence-corrected chi connectivity index (χ1v) is 7.92. The Morgan fingerprint density at radius 3 is 2.48 bits per heavy atom. The van der Waals surface area contributed by atoms with Crippen molar-refractivity contribution in [1.29, 1.82) is 0 Å². The molecule has 0 saturated carbocycles. The first-order valence-electron chi connectivity index (χ1n) is 7.92. The second-order valence-electron chi connectivity index (χ2n) is 5.92. The molecule has 0 bridgehead atoms. The van der Waals surface area contributed by atoms with Gasteiger partial charge in [-0.15, -0.1) is 0 Å². The largest absolute Gasteiger partial charge is 0.507 e. The van der Waals surface area contributed by atoms with E-state index in [1.165, 1.54) is 12.1 Å². The number of phenols is 1. The Hall–Kier alpha value is -3.02. The monoisotopic (exact) mass is 342 g/mol. The van der Waals surface area contributed by atoms with Gasteiger partial charge in [-0.25, -0.2) is 0 Å². The molecule has 1 atom stereocenters. The van der Waals surface area contributed by atoms with Crippen molar-refractivity contribution in [3.8, 4) is 11.5 Å². The Kier molecular flexibility index (Phi) is 5.64. The zero-order chi connectivity index (χ0) is 18.6. The summed E-state index contributed by atoms with van der Waals surface area (Å²) < 4.78 is 5.65. The van der Waals surface area contributed by atoms with E-state index in [4.69, 9.17) is 4.74 Å². The molecule has 25 heavy (non-hydrogen) atoms. The van der Waals surface area contributed by atoms with E-state index in [1.807, 2.05) is 26.0 Å². The first-order chi connectivity index (χ1) is 11.8. The molecule has 0 aliphatic heterocycles. The molecule has 1 unspecified atom stereocenters. The first kappa shape index (κ1) is 18.3. The van der Waals surface area contributed by atoms with Gasteiger partial charge in [0.2, 0.25) is 0 Å². The lowest BCUT2D eigenvalue weighted by molar-refractivity contribution is -0.128. The maximum absolute atomic E-state index is 12.1. The summed E-state index contributed by atoms with van der Waals surface area (Å²) >= 11 is 0. The molecule has 0 aliphatic carbocycles. The predicted octanol–water partition coefficient (Wildman–Crippen LogP) is 2.55. The fourth-order valence-electron chi connectivity index (χ4n) is 2.22. The van der Waals surface area contributed by atoms with Crippen LogP contribution >= 0.6 is 0 Å². The van der Waals surface area contributed by atoms with E-state index in [2.05, 4.69) is 10.9 Å². The molecular formula is C19H22N2O4. The van der Waals surface area contributed by atoms with Crippen molar-refractivity contribution < 1.29 is 19.4 Å². The molecule has 6 nitrogen and oxygen atoms in total. The van der Waals surface area contributed by atoms with Gasteiger partial charge in [-0.05, 0) is 62.6 Å². The summed E-state index contributed by atoms with van der Waals surface area (Å²) in [6.07, 6.45) is -0.799. The molecule has 6 heteroatoms. The van der Waals surface area contributed by atoms with Crippen LogP contribution < -0.4 is 15.6 Å². The normalized spacial score (nSPS) is 11.5. The number of phenolic OH excluding ortho intramolecular Hbond substituents is 1. The van der Waals surface area contributed by atoms with Gasteiger partial charge in [0, 0.05) is 0 Å². The number of aryl methyl sites for hydroxylation is 2. The molecule has 3 N–H and O–H groups in total. The topological polar surface area (TPSA) is 87.7 Å². The quantitative estimate of drug-likeness (QED) is 0.745. The lowest BCUT2D eigenvalue weighted by Crippen LogP contribution is -2.47. The second kappa shape index (κ2) is 7.70. The number of nitrogens with one attached hydrogen (secondary N) is 2. The van der Waals surface area contributed by atoms with Crippen molar-refractivity contribution >= 4 is 11.8 Å². The van der Waals surface area contributed by atoms with Gasteiger partial charge in [0.05, 0.1) is 5.56 Å². The van der Waals surface area contributed by atoms with Crippen LogP contribution in [0.1, 0.15) is 34.0 Å². The van der Waals surface area contributed by atoms with E-state index in [1.54, 1.807) is 26.0 Å². The molecule has 0 aromatic heterocycles. The molecule has 2 aromatic rings. The number of rotatable bonds is 4. The van der Waals surface area contributed by atoms with Gasteiger partial charge in [0.25, 0.3) is 11.8 Å². The van der Waals surface area contributed by atoms with E-state index < -0.39 is 17.9 Å². The fourth-order valence-corrected chi connectivity index (χ4v) is 2.22. The standard InChI is InChI=1S/C19H22N2O4/c1-11-8-9-15(16(22)10-11)19(24)21-20-18(23)14(4)25-17-7-5-6-12(2)13(17)3/h5-10,14,22H,1-4H3,(H,20,23)(H,21,24). The van der Waals surface area contributed by atoms with Crippen LogP contribution in [0.15, 0.2) is 36.4 Å². The number of amides is 2. The summed E-state index contributed by atoms with van der Waals surface area (Å²) in [4.78, 5) is 24.1. The number of hydrazine groups is 1. The molecule has 2 rings (SSSR count). The van der Waals surface area contributed by atoms with Crippen LogP contribution in [0, 0.1) is 20.8 Å². The Morgan fingerprint density at radius 1 is 1.08 bits per heavy atom. The van der Waals surface area contributed by atoms with Crippen LogP contribution in [0.5, 0.6) is 11.5 Å². The van der Waals surface area contributed by atoms with Gasteiger partial charge >= 0.3 is 0 Å². The molecule has 0 aliphatic rings. The number of aromatic hydroxyl groups is 1. The molecule has 0 radical (unpaired) electrons. The zero-order valence-electron chi connectivity index (χ0n) is 14.7. The summed E-state index contributed by atoms with van der Waals surface area (Å²) in [5.74, 6) is -0.637. The number of hydrogen-bond acceptors (Lipinski definition) is 4. The third-order valence-corrected chi connectivity index (χ3v) is 3.92. The summed E-state index contributed by atoms with van der Waals surface area (Å²) in [6, 6.07) is 10.3. The van der Waals surface area contributed by atoms with E-state index in [0.29, 0.717) is 5.75 Å². The van der Waals surface area contributed by atoms with Crippen molar-refractivity contribution in [3.63, 3.8) is 0 Å². The second-order valence-corrected chi connectivity index (χ2v) is 5.92. The molecule has 0 spiro atoms. The van der Waals surface area contributed by atoms with Crippen LogP contribution in [0.3, 0.4) is 0 Å². The Balaban J connectivity index is 1.95. The molecule has 0 fully saturated rings. The minimum absolute atomic E-state index is 0.0778. The Morgan fingerprint density at radius 2 is 1.80 bits per heavy atom. The fraction of sp³-hybridized carbons (Fsp3) is 0.263. The number of carbonyl (C=O) groups is 2. The maximum Gasteiger partial charge on any atom is 0.279 e. The van der Waals surface area contributed by atoms with Gasteiger partial charge in [0.1, 0.15) is 11.5 Å². The summed E-state index contributed by atoms with van der Waals surface area (Å²) in [6.45, 7) is 7.26. The highest BCUT2D eigenvalue weighted by Gasteiger charge is 2.18. The average molecular weight is 342 g/mol. The highest BCUT2D eigenvalue weighted by molar-refractivity contribution is 5.98. The predicted molar refractivity (Wildman–Crippen MR) is 94.5 cm³/mol. The summed E-state index contributed by atoms with van der Waals surface area (Å²) in [5, 5.41) is 9.79. The summed E-state index contributed by atoms with van der Waals surface area (Å²) in [7, 11) is 0. The third-order valence-electron chi connectivity index (χ3n) is 3.92. The molecule has 0 heterocycles. The summed E-state index contributed by atoms with van der Waals surface area (Å²) in [5.41, 5.74) is 7.50. The molecule has 132 valence electrons. The van der Waals surface area contributed by atoms with Crippen LogP contribution in [-0.4, -0.2) is 23.0 Å². The minimum atomic E-state index is -0.799. The van der Waals surface area contributed by atoms with Gasteiger partial charge < -0.3 is 9.84 Å². The minimum Gasteiger partial charge on any atom is -0.507 e. The SMILES string of the molecule is Cc1ccc(C(=O)NNC(=O)C(C)Oc2cccc(C)c2C)c(O)c1. The number of hydrogen-bond donors (Lipinski definition) is 3. The van der Waals surface area contributed by atoms with E-state index in [0.717, 1.165) is 16.7 Å². The van der Waals surface area contributed by atoms with Crippen LogP contribution in [0.4, 0.5) is 0 Å². The maximum atomic E-state index is 12.1. The van der Waals surface area contributed by atoms with Crippen LogP contribution in [0.2, 0.25) is 0 Å². The van der Waals surface area contributed by atoms with Crippen molar-refractivity contribution in [1.82, 2.24) is 10.9 Å².